The van der Waals surface area contributed by atoms with Crippen LogP contribution in [0.1, 0.15) is 36.1 Å². The molecule has 0 aromatic heterocycles. The number of aryl methyl sites for hydroxylation is 2. The monoisotopic (exact) mass is 342 g/mol. The molecule has 1 heterocycles. The van der Waals surface area contributed by atoms with E-state index in [0.717, 1.165) is 23.6 Å². The Hall–Kier alpha value is -2.27. The van der Waals surface area contributed by atoms with Crippen LogP contribution in [-0.4, -0.2) is 11.9 Å². The van der Waals surface area contributed by atoms with Gasteiger partial charge in [0.15, 0.2) is 16.6 Å². The van der Waals surface area contributed by atoms with E-state index >= 15 is 0 Å². The van der Waals surface area contributed by atoms with Crippen LogP contribution in [0.25, 0.3) is 0 Å². The van der Waals surface area contributed by atoms with Gasteiger partial charge in [-0.05, 0) is 55.7 Å². The molecule has 0 unspecified atom stereocenters. The van der Waals surface area contributed by atoms with Crippen LogP contribution in [0.3, 0.4) is 0 Å². The topological polar surface area (TPSA) is 42.5 Å². The molecule has 1 aliphatic rings. The van der Waals surface area contributed by atoms with Crippen molar-refractivity contribution in [2.75, 3.05) is 12.1 Å². The van der Waals surface area contributed by atoms with Crippen molar-refractivity contribution in [1.29, 1.82) is 0 Å². The summed E-state index contributed by atoms with van der Waals surface area (Å²) in [5.74, 6) is 1.50. The van der Waals surface area contributed by atoms with E-state index in [2.05, 4.69) is 49.6 Å². The number of hydrogen-bond donors (Lipinski definition) is 2. The fourth-order valence-corrected chi connectivity index (χ4v) is 3.18. The zero-order chi connectivity index (χ0) is 17.1. The second-order valence-corrected chi connectivity index (χ2v) is 6.40. The lowest BCUT2D eigenvalue weighted by atomic mass is 9.98. The van der Waals surface area contributed by atoms with E-state index < -0.39 is 0 Å². The highest BCUT2D eigenvalue weighted by Gasteiger charge is 2.15. The van der Waals surface area contributed by atoms with Gasteiger partial charge in [-0.2, -0.15) is 0 Å². The molecule has 2 aromatic carbocycles. The van der Waals surface area contributed by atoms with Gasteiger partial charge < -0.3 is 20.1 Å². The number of nitrogens with one attached hydrogen (secondary N) is 2. The number of hydrogen-bond acceptors (Lipinski definition) is 3. The molecule has 1 atom stereocenters. The number of fused-ring (bicyclic) bond motifs is 1. The first-order valence-electron chi connectivity index (χ1n) is 8.11. The Morgan fingerprint density at radius 2 is 1.92 bits per heavy atom. The van der Waals surface area contributed by atoms with Crippen LogP contribution in [0.15, 0.2) is 36.4 Å². The summed E-state index contributed by atoms with van der Waals surface area (Å²) in [6, 6.07) is 12.4. The Morgan fingerprint density at radius 1 is 1.12 bits per heavy atom. The lowest BCUT2D eigenvalue weighted by Gasteiger charge is -2.22. The maximum absolute atomic E-state index is 5.48. The van der Waals surface area contributed by atoms with E-state index in [9.17, 15) is 0 Å². The Balaban J connectivity index is 1.68. The standard InChI is InChI=1S/C19H22N2O2S/c1-4-16(15-7-5-12(2)9-13(15)3)21-19(24)20-14-6-8-17-18(10-14)23-11-22-17/h5-10,16H,4,11H2,1-3H3,(H2,20,21,24)/t16-/m0/s1. The normalized spacial score (nSPS) is 13.5. The fourth-order valence-electron chi connectivity index (χ4n) is 2.92. The first-order chi connectivity index (χ1) is 11.6. The second-order valence-electron chi connectivity index (χ2n) is 5.99. The van der Waals surface area contributed by atoms with Crippen molar-refractivity contribution in [2.24, 2.45) is 0 Å². The SMILES string of the molecule is CC[C@H](NC(=S)Nc1ccc2c(c1)OCO2)c1ccc(C)cc1C. The molecule has 0 amide bonds. The van der Waals surface area contributed by atoms with Gasteiger partial charge in [0.05, 0.1) is 6.04 Å². The van der Waals surface area contributed by atoms with Gasteiger partial charge in [-0.3, -0.25) is 0 Å². The van der Waals surface area contributed by atoms with E-state index in [1.54, 1.807) is 0 Å². The Labute approximate surface area is 148 Å². The van der Waals surface area contributed by atoms with Gasteiger partial charge in [0, 0.05) is 11.8 Å². The van der Waals surface area contributed by atoms with Crippen molar-refractivity contribution in [3.05, 3.63) is 53.1 Å². The third-order valence-electron chi connectivity index (χ3n) is 4.14. The molecule has 0 aliphatic carbocycles. The third kappa shape index (κ3) is 3.62. The summed E-state index contributed by atoms with van der Waals surface area (Å²) in [6.07, 6.45) is 0.951. The summed E-state index contributed by atoms with van der Waals surface area (Å²) in [5.41, 5.74) is 4.71. The van der Waals surface area contributed by atoms with Crippen molar-refractivity contribution in [2.45, 2.75) is 33.2 Å². The van der Waals surface area contributed by atoms with Gasteiger partial charge in [-0.15, -0.1) is 0 Å². The molecule has 24 heavy (non-hydrogen) atoms. The van der Waals surface area contributed by atoms with Crippen LogP contribution in [-0.2, 0) is 0 Å². The van der Waals surface area contributed by atoms with Gasteiger partial charge >= 0.3 is 0 Å². The van der Waals surface area contributed by atoms with Gasteiger partial charge in [0.1, 0.15) is 0 Å². The summed E-state index contributed by atoms with van der Waals surface area (Å²) >= 11 is 5.48. The van der Waals surface area contributed by atoms with Crippen molar-refractivity contribution < 1.29 is 9.47 Å². The van der Waals surface area contributed by atoms with Crippen molar-refractivity contribution in [3.63, 3.8) is 0 Å². The number of rotatable bonds is 4. The third-order valence-corrected chi connectivity index (χ3v) is 4.36. The first-order valence-corrected chi connectivity index (χ1v) is 8.52. The molecular formula is C19H22N2O2S. The summed E-state index contributed by atoms with van der Waals surface area (Å²) in [6.45, 7) is 6.67. The molecule has 0 saturated heterocycles. The Bertz CT molecular complexity index is 761. The van der Waals surface area contributed by atoms with Crippen LogP contribution in [0.5, 0.6) is 11.5 Å². The summed E-state index contributed by atoms with van der Waals surface area (Å²) in [5, 5.41) is 7.23. The summed E-state index contributed by atoms with van der Waals surface area (Å²) < 4.78 is 10.7. The van der Waals surface area contributed by atoms with Crippen LogP contribution < -0.4 is 20.1 Å². The van der Waals surface area contributed by atoms with Crippen LogP contribution in [0, 0.1) is 13.8 Å². The van der Waals surface area contributed by atoms with Gasteiger partial charge in [0.2, 0.25) is 6.79 Å². The minimum Gasteiger partial charge on any atom is -0.454 e. The molecule has 1 aliphatic heterocycles. The highest BCUT2D eigenvalue weighted by atomic mass is 32.1. The maximum Gasteiger partial charge on any atom is 0.231 e. The fraction of sp³-hybridized carbons (Fsp3) is 0.316. The van der Waals surface area contributed by atoms with Crippen molar-refractivity contribution >= 4 is 23.0 Å². The number of ether oxygens (including phenoxy) is 2. The van der Waals surface area contributed by atoms with Gasteiger partial charge in [-0.25, -0.2) is 0 Å². The lowest BCUT2D eigenvalue weighted by Crippen LogP contribution is -2.32. The zero-order valence-electron chi connectivity index (χ0n) is 14.2. The van der Waals surface area contributed by atoms with E-state index in [4.69, 9.17) is 21.7 Å². The van der Waals surface area contributed by atoms with Crippen molar-refractivity contribution in [1.82, 2.24) is 5.32 Å². The quantitative estimate of drug-likeness (QED) is 0.803. The van der Waals surface area contributed by atoms with Crippen LogP contribution >= 0.6 is 12.2 Å². The van der Waals surface area contributed by atoms with Crippen LogP contribution in [0.4, 0.5) is 5.69 Å². The Morgan fingerprint density at radius 3 is 2.67 bits per heavy atom. The number of benzene rings is 2. The molecule has 0 bridgehead atoms. The molecule has 126 valence electrons. The summed E-state index contributed by atoms with van der Waals surface area (Å²) in [4.78, 5) is 0. The predicted octanol–water partition coefficient (Wildman–Crippen LogP) is 4.47. The average Bonchev–Trinajstić information content (AvgIpc) is 3.01. The minimum atomic E-state index is 0.180. The molecule has 5 heteroatoms. The molecule has 0 fully saturated rings. The second kappa shape index (κ2) is 7.09. The summed E-state index contributed by atoms with van der Waals surface area (Å²) in [7, 11) is 0. The van der Waals surface area contributed by atoms with E-state index in [0.29, 0.717) is 5.11 Å². The highest BCUT2D eigenvalue weighted by molar-refractivity contribution is 7.80. The number of anilines is 1. The van der Waals surface area contributed by atoms with E-state index in [-0.39, 0.29) is 12.8 Å². The molecule has 2 N–H and O–H groups in total. The average molecular weight is 342 g/mol. The van der Waals surface area contributed by atoms with Gasteiger partial charge in [-0.1, -0.05) is 30.7 Å². The molecular weight excluding hydrogens is 320 g/mol. The molecule has 2 aromatic rings. The maximum atomic E-state index is 5.48. The van der Waals surface area contributed by atoms with E-state index in [1.165, 1.54) is 16.7 Å². The predicted molar refractivity (Wildman–Crippen MR) is 101 cm³/mol. The highest BCUT2D eigenvalue weighted by Crippen LogP contribution is 2.34. The van der Waals surface area contributed by atoms with Gasteiger partial charge in [0.25, 0.3) is 0 Å². The molecule has 0 saturated carbocycles. The molecule has 0 radical (unpaired) electrons. The largest absolute Gasteiger partial charge is 0.454 e. The molecule has 4 nitrogen and oxygen atoms in total. The number of thiocarbonyl (C=S) groups is 1. The lowest BCUT2D eigenvalue weighted by molar-refractivity contribution is 0.174. The van der Waals surface area contributed by atoms with Crippen LogP contribution in [0.2, 0.25) is 0 Å². The minimum absolute atomic E-state index is 0.180. The van der Waals surface area contributed by atoms with Crippen molar-refractivity contribution in [3.8, 4) is 11.5 Å². The smallest absolute Gasteiger partial charge is 0.231 e. The Kier molecular flexibility index (Phi) is 4.90. The first kappa shape index (κ1) is 16.6. The molecule has 0 spiro atoms. The van der Waals surface area contributed by atoms with E-state index in [1.807, 2.05) is 18.2 Å². The molecule has 3 rings (SSSR count). The zero-order valence-corrected chi connectivity index (χ0v) is 15.0.